The van der Waals surface area contributed by atoms with E-state index in [1.807, 2.05) is 0 Å². The number of amides is 1. The van der Waals surface area contributed by atoms with Crippen LogP contribution in [0.25, 0.3) is 6.08 Å². The van der Waals surface area contributed by atoms with Crippen LogP contribution in [0.5, 0.6) is 17.2 Å². The van der Waals surface area contributed by atoms with E-state index >= 15 is 0 Å². The molecule has 0 saturated carbocycles. The third-order valence-electron chi connectivity index (χ3n) is 4.95. The maximum Gasteiger partial charge on any atom is 0.418 e. The molecule has 0 aromatic heterocycles. The summed E-state index contributed by atoms with van der Waals surface area (Å²) in [5.41, 5.74) is -1.36. The van der Waals surface area contributed by atoms with E-state index in [-0.39, 0.29) is 23.7 Å². The van der Waals surface area contributed by atoms with Gasteiger partial charge in [-0.2, -0.15) is 18.4 Å². The predicted molar refractivity (Wildman–Crippen MR) is 129 cm³/mol. The van der Waals surface area contributed by atoms with Gasteiger partial charge in [-0.1, -0.05) is 18.2 Å². The lowest BCUT2D eigenvalue weighted by atomic mass is 10.1. The third-order valence-corrected chi connectivity index (χ3v) is 4.95. The molecule has 1 N–H and O–H groups in total. The van der Waals surface area contributed by atoms with Gasteiger partial charge in [0, 0.05) is 0 Å². The number of rotatable bonds is 8. The highest BCUT2D eigenvalue weighted by molar-refractivity contribution is 6.10. The first-order valence-corrected chi connectivity index (χ1v) is 10.9. The van der Waals surface area contributed by atoms with E-state index in [1.165, 1.54) is 55.7 Å². The molecule has 0 fully saturated rings. The minimum Gasteiger partial charge on any atom is -0.497 e. The van der Waals surface area contributed by atoms with Gasteiger partial charge in [-0.3, -0.25) is 4.79 Å². The Labute approximate surface area is 210 Å². The Balaban J connectivity index is 1.84. The number of ether oxygens (including phenoxy) is 3. The Hall–Kier alpha value is -4.78. The molecule has 0 radical (unpaired) electrons. The van der Waals surface area contributed by atoms with Crippen molar-refractivity contribution >= 4 is 23.6 Å². The highest BCUT2D eigenvalue weighted by Crippen LogP contribution is 2.35. The zero-order chi connectivity index (χ0) is 27.0. The summed E-state index contributed by atoms with van der Waals surface area (Å²) in [5.74, 6) is -0.832. The maximum absolute atomic E-state index is 13.2. The number of esters is 1. The lowest BCUT2D eigenvalue weighted by Crippen LogP contribution is -2.17. The quantitative estimate of drug-likeness (QED) is 0.176. The van der Waals surface area contributed by atoms with E-state index in [9.17, 15) is 28.0 Å². The summed E-state index contributed by atoms with van der Waals surface area (Å²) in [5, 5.41) is 11.6. The van der Waals surface area contributed by atoms with Gasteiger partial charge in [-0.15, -0.1) is 0 Å². The first kappa shape index (κ1) is 26.8. The smallest absolute Gasteiger partial charge is 0.418 e. The Morgan fingerprint density at radius 3 is 2.35 bits per heavy atom. The average molecular weight is 510 g/mol. The number of hydrogen-bond donors (Lipinski definition) is 1. The number of alkyl halides is 3. The van der Waals surface area contributed by atoms with Crippen molar-refractivity contribution in [3.05, 3.63) is 89.0 Å². The molecule has 0 heterocycles. The molecule has 3 aromatic rings. The average Bonchev–Trinajstić information content (AvgIpc) is 2.88. The van der Waals surface area contributed by atoms with Crippen LogP contribution in [0.15, 0.2) is 72.3 Å². The van der Waals surface area contributed by atoms with Crippen LogP contribution in [-0.4, -0.2) is 25.6 Å². The molecule has 0 aliphatic rings. The third kappa shape index (κ3) is 6.89. The Morgan fingerprint density at radius 2 is 1.73 bits per heavy atom. The topological polar surface area (TPSA) is 97.6 Å². The van der Waals surface area contributed by atoms with Crippen molar-refractivity contribution < 1.29 is 37.0 Å². The number of nitrogens with zero attached hydrogens (tertiary/aromatic N) is 1. The van der Waals surface area contributed by atoms with E-state index < -0.39 is 34.9 Å². The van der Waals surface area contributed by atoms with Gasteiger partial charge in [-0.05, 0) is 67.1 Å². The molecular weight excluding hydrogens is 489 g/mol. The zero-order valence-corrected chi connectivity index (χ0v) is 19.8. The van der Waals surface area contributed by atoms with Crippen molar-refractivity contribution in [2.45, 2.75) is 13.1 Å². The number of benzene rings is 3. The van der Waals surface area contributed by atoms with Crippen LogP contribution >= 0.6 is 0 Å². The van der Waals surface area contributed by atoms with Crippen LogP contribution in [-0.2, 0) is 11.0 Å². The number of anilines is 1. The van der Waals surface area contributed by atoms with Crippen molar-refractivity contribution in [3.63, 3.8) is 0 Å². The van der Waals surface area contributed by atoms with Crippen molar-refractivity contribution in [2.24, 2.45) is 0 Å². The fourth-order valence-corrected chi connectivity index (χ4v) is 3.20. The SMILES string of the molecule is CCOc1cc(C=C(C#N)C(=O)Nc2ccccc2C(F)(F)F)ccc1OC(=O)c1ccc(OC)cc1. The van der Waals surface area contributed by atoms with Gasteiger partial charge < -0.3 is 19.5 Å². The first-order valence-electron chi connectivity index (χ1n) is 10.9. The molecule has 3 aromatic carbocycles. The number of nitriles is 1. The summed E-state index contributed by atoms with van der Waals surface area (Å²) in [6, 6.07) is 16.7. The molecule has 0 aliphatic heterocycles. The van der Waals surface area contributed by atoms with Gasteiger partial charge in [0.2, 0.25) is 0 Å². The molecule has 0 saturated heterocycles. The summed E-state index contributed by atoms with van der Waals surface area (Å²) >= 11 is 0. The minimum absolute atomic E-state index is 0.0990. The molecular formula is C27H21F3N2O5. The molecule has 0 atom stereocenters. The predicted octanol–water partition coefficient (Wildman–Crippen LogP) is 5.88. The van der Waals surface area contributed by atoms with Gasteiger partial charge in [-0.25, -0.2) is 4.79 Å². The molecule has 0 bridgehead atoms. The molecule has 0 spiro atoms. The number of nitrogens with one attached hydrogen (secondary N) is 1. The van der Waals surface area contributed by atoms with Crippen LogP contribution in [0.3, 0.4) is 0 Å². The van der Waals surface area contributed by atoms with E-state index in [4.69, 9.17) is 14.2 Å². The summed E-state index contributed by atoms with van der Waals surface area (Å²) in [6.07, 6.45) is -3.50. The largest absolute Gasteiger partial charge is 0.497 e. The van der Waals surface area contributed by atoms with Crippen LogP contribution in [0.1, 0.15) is 28.4 Å². The van der Waals surface area contributed by atoms with Gasteiger partial charge in [0.05, 0.1) is 30.5 Å². The van der Waals surface area contributed by atoms with Crippen molar-refractivity contribution in [1.29, 1.82) is 5.26 Å². The number of methoxy groups -OCH3 is 1. The van der Waals surface area contributed by atoms with Crippen LogP contribution in [0.4, 0.5) is 18.9 Å². The van der Waals surface area contributed by atoms with Crippen molar-refractivity contribution in [2.75, 3.05) is 19.0 Å². The molecule has 0 aliphatic carbocycles. The van der Waals surface area contributed by atoms with Gasteiger partial charge in [0.1, 0.15) is 17.4 Å². The minimum atomic E-state index is -4.69. The second-order valence-corrected chi connectivity index (χ2v) is 7.42. The maximum atomic E-state index is 13.2. The number of hydrogen-bond acceptors (Lipinski definition) is 6. The number of carbonyl (C=O) groups excluding carboxylic acids is 2. The second kappa shape index (κ2) is 11.8. The second-order valence-electron chi connectivity index (χ2n) is 7.42. The molecule has 190 valence electrons. The zero-order valence-electron chi connectivity index (χ0n) is 19.8. The van der Waals surface area contributed by atoms with Gasteiger partial charge in [0.15, 0.2) is 11.5 Å². The fraction of sp³-hybridized carbons (Fsp3) is 0.148. The Bertz CT molecular complexity index is 1360. The van der Waals surface area contributed by atoms with Crippen LogP contribution < -0.4 is 19.5 Å². The lowest BCUT2D eigenvalue weighted by Gasteiger charge is -2.13. The number of carbonyl (C=O) groups is 2. The standard InChI is InChI=1S/C27H21F3N2O5/c1-3-36-24-15-17(8-13-23(24)37-26(34)18-9-11-20(35-2)12-10-18)14-19(16-31)25(33)32-22-7-5-4-6-21(22)27(28,29)30/h4-15H,3H2,1-2H3,(H,32,33). The summed E-state index contributed by atoms with van der Waals surface area (Å²) in [6.45, 7) is 1.93. The van der Waals surface area contributed by atoms with E-state index in [0.29, 0.717) is 11.3 Å². The van der Waals surface area contributed by atoms with Crippen molar-refractivity contribution in [1.82, 2.24) is 0 Å². The van der Waals surface area contributed by atoms with Crippen LogP contribution in [0, 0.1) is 11.3 Å². The van der Waals surface area contributed by atoms with E-state index in [0.717, 1.165) is 12.1 Å². The molecule has 37 heavy (non-hydrogen) atoms. The lowest BCUT2D eigenvalue weighted by molar-refractivity contribution is -0.137. The fourth-order valence-electron chi connectivity index (χ4n) is 3.20. The monoisotopic (exact) mass is 510 g/mol. The van der Waals surface area contributed by atoms with Crippen molar-refractivity contribution in [3.8, 4) is 23.3 Å². The molecule has 1 amide bonds. The van der Waals surface area contributed by atoms with Gasteiger partial charge in [0.25, 0.3) is 5.91 Å². The summed E-state index contributed by atoms with van der Waals surface area (Å²) in [4.78, 5) is 25.1. The van der Waals surface area contributed by atoms with E-state index in [2.05, 4.69) is 5.32 Å². The molecule has 7 nitrogen and oxygen atoms in total. The highest BCUT2D eigenvalue weighted by Gasteiger charge is 2.33. The Morgan fingerprint density at radius 1 is 1.03 bits per heavy atom. The molecule has 0 unspecified atom stereocenters. The number of halogens is 3. The van der Waals surface area contributed by atoms with Gasteiger partial charge >= 0.3 is 12.1 Å². The normalized spacial score (nSPS) is 11.3. The first-order chi connectivity index (χ1) is 17.7. The Kier molecular flexibility index (Phi) is 8.53. The highest BCUT2D eigenvalue weighted by atomic mass is 19.4. The van der Waals surface area contributed by atoms with Crippen LogP contribution in [0.2, 0.25) is 0 Å². The summed E-state index contributed by atoms with van der Waals surface area (Å²) in [7, 11) is 1.50. The molecule has 3 rings (SSSR count). The van der Waals surface area contributed by atoms with E-state index in [1.54, 1.807) is 25.1 Å². The molecule has 10 heteroatoms. The summed E-state index contributed by atoms with van der Waals surface area (Å²) < 4.78 is 55.7. The number of para-hydroxylation sites is 1.